The summed E-state index contributed by atoms with van der Waals surface area (Å²) in [6.45, 7) is 6.01. The van der Waals surface area contributed by atoms with Crippen LogP contribution in [-0.4, -0.2) is 22.7 Å². The van der Waals surface area contributed by atoms with Gasteiger partial charge in [0.25, 0.3) is 0 Å². The lowest BCUT2D eigenvalue weighted by Gasteiger charge is -2.23. The second-order valence-electron chi connectivity index (χ2n) is 6.11. The summed E-state index contributed by atoms with van der Waals surface area (Å²) in [5.41, 5.74) is -1.94. The van der Waals surface area contributed by atoms with Crippen LogP contribution in [0.1, 0.15) is 44.9 Å². The van der Waals surface area contributed by atoms with Crippen molar-refractivity contribution in [1.82, 2.24) is 0 Å². The number of halogens is 2. The fourth-order valence-electron chi connectivity index (χ4n) is 2.28. The van der Waals surface area contributed by atoms with Crippen LogP contribution >= 0.6 is 0 Å². The van der Waals surface area contributed by atoms with Crippen molar-refractivity contribution >= 4 is 17.7 Å². The molecule has 0 radical (unpaired) electrons. The summed E-state index contributed by atoms with van der Waals surface area (Å²) in [4.78, 5) is 24.4. The van der Waals surface area contributed by atoms with Gasteiger partial charge in [0.15, 0.2) is 0 Å². The first-order valence-corrected chi connectivity index (χ1v) is 6.73. The highest BCUT2D eigenvalue weighted by molar-refractivity contribution is 6.20. The molecular weight excluding hydrogens is 296 g/mol. The Morgan fingerprint density at radius 1 is 1.36 bits per heavy atom. The van der Waals surface area contributed by atoms with Gasteiger partial charge in [0.1, 0.15) is 5.60 Å². The molecule has 1 aliphatic heterocycles. The topological polar surface area (TPSA) is 66.8 Å². The highest BCUT2D eigenvalue weighted by Gasteiger charge is 2.57. The van der Waals surface area contributed by atoms with Crippen LogP contribution in [0.5, 0.6) is 0 Å². The number of imide groups is 1. The minimum Gasteiger partial charge on any atom is -0.443 e. The predicted octanol–water partition coefficient (Wildman–Crippen LogP) is 3.11. The molecule has 1 atom stereocenters. The van der Waals surface area contributed by atoms with Crippen LogP contribution in [0.3, 0.4) is 0 Å². The molecule has 0 fully saturated rings. The first kappa shape index (κ1) is 16.4. The van der Waals surface area contributed by atoms with Crippen molar-refractivity contribution in [3.63, 3.8) is 0 Å². The predicted molar refractivity (Wildman–Crippen MR) is 74.7 cm³/mol. The zero-order valence-corrected chi connectivity index (χ0v) is 12.7. The van der Waals surface area contributed by atoms with E-state index in [0.29, 0.717) is 4.90 Å². The third kappa shape index (κ3) is 2.56. The summed E-state index contributed by atoms with van der Waals surface area (Å²) in [6, 6.07) is 3.92. The maximum atomic E-state index is 14.3. The molecule has 5 nitrogen and oxygen atoms in total. The largest absolute Gasteiger partial charge is 0.443 e. The molecule has 1 aromatic carbocycles. The molecule has 0 bridgehead atoms. The Hall–Kier alpha value is -2.02. The number of carbonyl (C=O) groups excluding carboxylic acids is 2. The van der Waals surface area contributed by atoms with Gasteiger partial charge in [-0.2, -0.15) is 8.78 Å². The number of hydrogen-bond donors (Lipinski definition) is 1. The minimum atomic E-state index is -3.89. The molecule has 0 spiro atoms. The lowest BCUT2D eigenvalue weighted by molar-refractivity contribution is -0.141. The Labute approximate surface area is 126 Å². The first-order chi connectivity index (χ1) is 9.97. The molecule has 22 heavy (non-hydrogen) atoms. The van der Waals surface area contributed by atoms with E-state index in [1.807, 2.05) is 0 Å². The second kappa shape index (κ2) is 5.01. The van der Waals surface area contributed by atoms with Crippen molar-refractivity contribution in [2.75, 3.05) is 4.90 Å². The Kier molecular flexibility index (Phi) is 3.73. The van der Waals surface area contributed by atoms with E-state index in [1.54, 1.807) is 20.8 Å². The molecule has 1 N–H and O–H groups in total. The van der Waals surface area contributed by atoms with Gasteiger partial charge in [-0.15, -0.1) is 0 Å². The van der Waals surface area contributed by atoms with Gasteiger partial charge in [-0.1, -0.05) is 12.1 Å². The lowest BCUT2D eigenvalue weighted by Crippen LogP contribution is -2.42. The number of ether oxygens (including phenoxy) is 1. The van der Waals surface area contributed by atoms with Gasteiger partial charge in [0.05, 0.1) is 17.4 Å². The van der Waals surface area contributed by atoms with Gasteiger partial charge in [-0.25, -0.2) is 9.69 Å². The summed E-state index contributed by atoms with van der Waals surface area (Å²) in [5, 5.41) is 9.64. The highest BCUT2D eigenvalue weighted by Crippen LogP contribution is 2.47. The molecule has 1 aliphatic rings. The van der Waals surface area contributed by atoms with E-state index in [1.165, 1.54) is 25.1 Å². The number of rotatable bonds is 1. The van der Waals surface area contributed by atoms with Crippen molar-refractivity contribution in [1.29, 1.82) is 0 Å². The molecule has 1 aromatic rings. The van der Waals surface area contributed by atoms with Gasteiger partial charge >= 0.3 is 17.9 Å². The van der Waals surface area contributed by atoms with Gasteiger partial charge in [0, 0.05) is 0 Å². The molecule has 2 rings (SSSR count). The Morgan fingerprint density at radius 2 is 1.95 bits per heavy atom. The number of anilines is 1. The number of fused-ring (bicyclic) bond motifs is 1. The summed E-state index contributed by atoms with van der Waals surface area (Å²) < 4.78 is 33.6. The van der Waals surface area contributed by atoms with Crippen LogP contribution in [0.25, 0.3) is 0 Å². The number of amides is 2. The van der Waals surface area contributed by atoms with Crippen molar-refractivity contribution < 1.29 is 28.2 Å². The summed E-state index contributed by atoms with van der Waals surface area (Å²) in [6.07, 6.45) is -2.37. The summed E-state index contributed by atoms with van der Waals surface area (Å²) >= 11 is 0. The maximum Gasteiger partial charge on any atom is 0.421 e. The Balaban J connectivity index is 2.57. The molecule has 120 valence electrons. The zero-order chi connectivity index (χ0) is 16.9. The van der Waals surface area contributed by atoms with Crippen LogP contribution in [0, 0.1) is 0 Å². The third-order valence-corrected chi connectivity index (χ3v) is 3.13. The number of carbonyl (C=O) groups is 2. The fourth-order valence-corrected chi connectivity index (χ4v) is 2.28. The quantitative estimate of drug-likeness (QED) is 0.865. The maximum absolute atomic E-state index is 14.3. The number of hydrogen-bond acceptors (Lipinski definition) is 4. The van der Waals surface area contributed by atoms with Gasteiger partial charge in [-0.05, 0) is 39.3 Å². The molecule has 0 aliphatic carbocycles. The zero-order valence-electron chi connectivity index (χ0n) is 12.7. The minimum absolute atomic E-state index is 0.0955. The van der Waals surface area contributed by atoms with Crippen LogP contribution < -0.4 is 4.90 Å². The molecule has 0 saturated heterocycles. The highest BCUT2D eigenvalue weighted by atomic mass is 19.3. The van der Waals surface area contributed by atoms with Crippen molar-refractivity contribution in [2.45, 2.75) is 45.3 Å². The van der Waals surface area contributed by atoms with E-state index in [2.05, 4.69) is 0 Å². The number of benzene rings is 1. The number of aliphatic hydroxyl groups excluding tert-OH is 1. The molecular formula is C15H17F2NO4. The number of alkyl halides is 2. The van der Waals surface area contributed by atoms with Gasteiger partial charge < -0.3 is 9.84 Å². The second-order valence-corrected chi connectivity index (χ2v) is 6.11. The van der Waals surface area contributed by atoms with E-state index in [9.17, 15) is 23.5 Å². The van der Waals surface area contributed by atoms with Crippen molar-refractivity contribution in [3.8, 4) is 0 Å². The van der Waals surface area contributed by atoms with E-state index in [4.69, 9.17) is 4.74 Å². The molecule has 0 unspecified atom stereocenters. The number of aliphatic hydroxyl groups is 1. The molecule has 0 saturated carbocycles. The van der Waals surface area contributed by atoms with E-state index in [0.717, 1.165) is 0 Å². The summed E-state index contributed by atoms with van der Waals surface area (Å²) in [5.74, 6) is -5.57. The van der Waals surface area contributed by atoms with Crippen LogP contribution in [0.15, 0.2) is 18.2 Å². The summed E-state index contributed by atoms with van der Waals surface area (Å²) in [7, 11) is 0. The average Bonchev–Trinajstić information content (AvgIpc) is 2.55. The molecule has 1 heterocycles. The van der Waals surface area contributed by atoms with E-state index < -0.39 is 35.2 Å². The van der Waals surface area contributed by atoms with Crippen LogP contribution in [0.2, 0.25) is 0 Å². The SMILES string of the molecule is C[C@@H](O)c1cccc2c1C(F)(F)C(=O)N2C(=O)OC(C)(C)C. The fraction of sp³-hybridized carbons (Fsp3) is 0.467. The normalized spacial score (nSPS) is 18.1. The monoisotopic (exact) mass is 313 g/mol. The third-order valence-electron chi connectivity index (χ3n) is 3.13. The van der Waals surface area contributed by atoms with Gasteiger partial charge in [0.2, 0.25) is 0 Å². The smallest absolute Gasteiger partial charge is 0.421 e. The van der Waals surface area contributed by atoms with Crippen molar-refractivity contribution in [3.05, 3.63) is 29.3 Å². The van der Waals surface area contributed by atoms with E-state index >= 15 is 0 Å². The average molecular weight is 313 g/mol. The first-order valence-electron chi connectivity index (χ1n) is 6.73. The molecule has 0 aromatic heterocycles. The van der Waals surface area contributed by atoms with Crippen LogP contribution in [-0.2, 0) is 15.5 Å². The lowest BCUT2D eigenvalue weighted by atomic mass is 9.99. The Morgan fingerprint density at radius 3 is 2.45 bits per heavy atom. The standard InChI is InChI=1S/C15H17F2NO4/c1-8(19)9-6-5-7-10-11(9)15(16,17)12(20)18(10)13(21)22-14(2,3)4/h5-8,19H,1-4H3/t8-/m1/s1. The van der Waals surface area contributed by atoms with Gasteiger partial charge in [-0.3, -0.25) is 4.79 Å². The number of nitrogens with zero attached hydrogens (tertiary/aromatic N) is 1. The van der Waals surface area contributed by atoms with Crippen LogP contribution in [0.4, 0.5) is 19.3 Å². The van der Waals surface area contributed by atoms with Crippen molar-refractivity contribution in [2.24, 2.45) is 0 Å². The van der Waals surface area contributed by atoms with E-state index in [-0.39, 0.29) is 11.3 Å². The molecule has 7 heteroatoms. The molecule has 2 amide bonds. The Bertz CT molecular complexity index is 635.